The predicted octanol–water partition coefficient (Wildman–Crippen LogP) is 1.29. The van der Waals surface area contributed by atoms with Crippen LogP contribution in [0.1, 0.15) is 54.4 Å². The van der Waals surface area contributed by atoms with Crippen LogP contribution in [-0.4, -0.2) is 46.3 Å². The molecule has 0 aromatic heterocycles. The van der Waals surface area contributed by atoms with Crippen LogP contribution in [0, 0.1) is 11.8 Å². The standard InChI is InChI=1S/C18H24O8/c1-15(2)17(5)18(6)16(3,4)24-12(20)8-10(14(22)26-18)9(13(21)25-17)7-11(19)23-15/h9-10H,7-8H2,1-6H3. The van der Waals surface area contributed by atoms with Crippen molar-refractivity contribution < 1.29 is 38.1 Å². The van der Waals surface area contributed by atoms with Crippen LogP contribution >= 0.6 is 0 Å². The Balaban J connectivity index is 2.35. The van der Waals surface area contributed by atoms with Crippen molar-refractivity contribution in [2.75, 3.05) is 0 Å². The van der Waals surface area contributed by atoms with Gasteiger partial charge in [0.25, 0.3) is 0 Å². The minimum Gasteiger partial charge on any atom is -0.455 e. The van der Waals surface area contributed by atoms with Crippen molar-refractivity contribution in [1.82, 2.24) is 0 Å². The van der Waals surface area contributed by atoms with Crippen LogP contribution in [0.25, 0.3) is 0 Å². The maximum Gasteiger partial charge on any atom is 0.311 e. The number of hydrogen-bond donors (Lipinski definition) is 0. The molecule has 3 aliphatic heterocycles. The summed E-state index contributed by atoms with van der Waals surface area (Å²) in [5, 5.41) is 0. The Morgan fingerprint density at radius 1 is 0.615 bits per heavy atom. The predicted molar refractivity (Wildman–Crippen MR) is 85.6 cm³/mol. The molecule has 3 saturated heterocycles. The number of ether oxygens (including phenoxy) is 4. The summed E-state index contributed by atoms with van der Waals surface area (Å²) < 4.78 is 22.9. The van der Waals surface area contributed by atoms with Crippen molar-refractivity contribution in [3.05, 3.63) is 0 Å². The molecule has 3 rings (SSSR count). The Morgan fingerprint density at radius 3 is 1.23 bits per heavy atom. The lowest BCUT2D eigenvalue weighted by molar-refractivity contribution is -0.310. The first-order chi connectivity index (χ1) is 11.7. The molecule has 0 saturated carbocycles. The number of carbonyl (C=O) groups excluding carboxylic acids is 4. The zero-order valence-electron chi connectivity index (χ0n) is 15.8. The topological polar surface area (TPSA) is 105 Å². The van der Waals surface area contributed by atoms with Crippen molar-refractivity contribution >= 4 is 23.9 Å². The molecule has 0 radical (unpaired) electrons. The summed E-state index contributed by atoms with van der Waals surface area (Å²) in [6.07, 6.45) is -0.739. The monoisotopic (exact) mass is 368 g/mol. The van der Waals surface area contributed by atoms with E-state index in [1.807, 2.05) is 0 Å². The molecule has 0 amide bonds. The van der Waals surface area contributed by atoms with Crippen molar-refractivity contribution in [1.29, 1.82) is 0 Å². The third kappa shape index (κ3) is 2.27. The smallest absolute Gasteiger partial charge is 0.311 e. The van der Waals surface area contributed by atoms with E-state index < -0.39 is 58.1 Å². The van der Waals surface area contributed by atoms with E-state index in [0.29, 0.717) is 0 Å². The van der Waals surface area contributed by atoms with E-state index in [-0.39, 0.29) is 12.8 Å². The van der Waals surface area contributed by atoms with E-state index in [1.54, 1.807) is 27.7 Å². The highest BCUT2D eigenvalue weighted by molar-refractivity contribution is 5.90. The molecule has 0 aromatic rings. The maximum atomic E-state index is 12.9. The molecule has 144 valence electrons. The summed E-state index contributed by atoms with van der Waals surface area (Å²) in [4.78, 5) is 50.7. The fourth-order valence-electron chi connectivity index (χ4n) is 4.13. The van der Waals surface area contributed by atoms with Gasteiger partial charge in [-0.15, -0.1) is 0 Å². The van der Waals surface area contributed by atoms with Crippen molar-refractivity contribution in [3.8, 4) is 0 Å². The lowest BCUT2D eigenvalue weighted by atomic mass is 9.65. The van der Waals surface area contributed by atoms with E-state index >= 15 is 0 Å². The van der Waals surface area contributed by atoms with E-state index in [1.165, 1.54) is 13.8 Å². The first-order valence-corrected chi connectivity index (χ1v) is 8.63. The van der Waals surface area contributed by atoms with Crippen LogP contribution in [-0.2, 0) is 38.1 Å². The van der Waals surface area contributed by atoms with Gasteiger partial charge in [0.2, 0.25) is 0 Å². The Morgan fingerprint density at radius 2 is 0.923 bits per heavy atom. The van der Waals surface area contributed by atoms with Crippen molar-refractivity contribution in [2.45, 2.75) is 76.8 Å². The van der Waals surface area contributed by atoms with Gasteiger partial charge in [-0.05, 0) is 41.5 Å². The summed E-state index contributed by atoms with van der Waals surface area (Å²) >= 11 is 0. The molecule has 4 atom stereocenters. The van der Waals surface area contributed by atoms with E-state index in [4.69, 9.17) is 18.9 Å². The molecule has 4 bridgehead atoms. The largest absolute Gasteiger partial charge is 0.455 e. The van der Waals surface area contributed by atoms with Gasteiger partial charge in [-0.25, -0.2) is 0 Å². The second-order valence-corrected chi connectivity index (χ2v) is 8.50. The molecule has 3 fully saturated rings. The van der Waals surface area contributed by atoms with Crippen LogP contribution in [0.15, 0.2) is 0 Å². The minimum atomic E-state index is -1.60. The first kappa shape index (κ1) is 18.7. The lowest BCUT2D eigenvalue weighted by Gasteiger charge is -2.59. The zero-order chi connectivity index (χ0) is 19.7. The Bertz CT molecular complexity index is 648. The Kier molecular flexibility index (Phi) is 3.74. The summed E-state index contributed by atoms with van der Waals surface area (Å²) in [6, 6.07) is 0. The van der Waals surface area contributed by atoms with Gasteiger partial charge in [0.1, 0.15) is 11.2 Å². The van der Waals surface area contributed by atoms with Crippen LogP contribution in [0.3, 0.4) is 0 Å². The maximum absolute atomic E-state index is 12.9. The van der Waals surface area contributed by atoms with Crippen LogP contribution in [0.2, 0.25) is 0 Å². The number of esters is 4. The molecular formula is C18H24O8. The SMILES string of the molecule is CC1(C)OC(=O)CC2C(=O)OC1(C)C1(C)OC(=O)C2CC(=O)OC1(C)C. The highest BCUT2D eigenvalue weighted by atomic mass is 16.7. The number of rotatable bonds is 0. The molecule has 8 heteroatoms. The van der Waals surface area contributed by atoms with Gasteiger partial charge in [0.15, 0.2) is 11.2 Å². The normalized spacial score (nSPS) is 41.3. The fourth-order valence-corrected chi connectivity index (χ4v) is 4.13. The molecule has 3 aliphatic rings. The molecule has 4 unspecified atom stereocenters. The molecule has 0 aliphatic carbocycles. The minimum absolute atomic E-state index is 0.370. The second-order valence-electron chi connectivity index (χ2n) is 8.50. The van der Waals surface area contributed by atoms with Crippen LogP contribution < -0.4 is 0 Å². The Hall–Kier alpha value is -2.12. The van der Waals surface area contributed by atoms with E-state index in [2.05, 4.69) is 0 Å². The van der Waals surface area contributed by atoms with Gasteiger partial charge < -0.3 is 18.9 Å². The summed E-state index contributed by atoms with van der Waals surface area (Å²) in [5.74, 6) is -5.01. The van der Waals surface area contributed by atoms with Gasteiger partial charge in [-0.3, -0.25) is 19.2 Å². The van der Waals surface area contributed by atoms with Gasteiger partial charge >= 0.3 is 23.9 Å². The number of hydrogen-bond acceptors (Lipinski definition) is 8. The molecule has 3 heterocycles. The third-order valence-electron chi connectivity index (χ3n) is 6.42. The van der Waals surface area contributed by atoms with Crippen LogP contribution in [0.4, 0.5) is 0 Å². The molecule has 0 N–H and O–H groups in total. The number of cyclic esters (lactones) is 2. The average Bonchev–Trinajstić information content (AvgIpc) is 2.46. The fraction of sp³-hybridized carbons (Fsp3) is 0.778. The van der Waals surface area contributed by atoms with Crippen LogP contribution in [0.5, 0.6) is 0 Å². The average molecular weight is 368 g/mol. The van der Waals surface area contributed by atoms with Gasteiger partial charge in [0.05, 0.1) is 24.7 Å². The van der Waals surface area contributed by atoms with Crippen molar-refractivity contribution in [3.63, 3.8) is 0 Å². The van der Waals surface area contributed by atoms with Gasteiger partial charge in [-0.1, -0.05) is 0 Å². The summed E-state index contributed by atoms with van der Waals surface area (Å²) in [6.45, 7) is 9.37. The second kappa shape index (κ2) is 5.20. The number of fused-ring (bicyclic) bond motifs is 8. The molecule has 0 aromatic carbocycles. The van der Waals surface area contributed by atoms with E-state index in [0.717, 1.165) is 0 Å². The quantitative estimate of drug-likeness (QED) is 0.465. The highest BCUT2D eigenvalue weighted by Gasteiger charge is 2.72. The Labute approximate surface area is 151 Å². The number of carbonyl (C=O) groups is 4. The molecule has 26 heavy (non-hydrogen) atoms. The summed E-state index contributed by atoms with van der Waals surface area (Å²) in [5.41, 5.74) is -5.91. The molecular weight excluding hydrogens is 344 g/mol. The van der Waals surface area contributed by atoms with E-state index in [9.17, 15) is 19.2 Å². The first-order valence-electron chi connectivity index (χ1n) is 8.63. The third-order valence-corrected chi connectivity index (χ3v) is 6.42. The van der Waals surface area contributed by atoms with Gasteiger partial charge in [-0.2, -0.15) is 0 Å². The molecule has 0 spiro atoms. The zero-order valence-corrected chi connectivity index (χ0v) is 15.8. The van der Waals surface area contributed by atoms with Gasteiger partial charge in [0, 0.05) is 0 Å². The molecule has 8 nitrogen and oxygen atoms in total. The highest BCUT2D eigenvalue weighted by Crippen LogP contribution is 2.52. The van der Waals surface area contributed by atoms with Crippen molar-refractivity contribution in [2.24, 2.45) is 11.8 Å². The lowest BCUT2D eigenvalue weighted by Crippen LogP contribution is -2.77. The summed E-state index contributed by atoms with van der Waals surface area (Å²) in [7, 11) is 0.